The molecule has 0 aliphatic carbocycles. The predicted octanol–water partition coefficient (Wildman–Crippen LogP) is 3.92. The molecule has 1 heterocycles. The molecule has 0 aliphatic heterocycles. The second kappa shape index (κ2) is 5.57. The molecule has 0 amide bonds. The van der Waals surface area contributed by atoms with Crippen molar-refractivity contribution in [3.8, 4) is 11.1 Å². The maximum absolute atomic E-state index is 5.72. The Morgan fingerprint density at radius 1 is 0.750 bits per heavy atom. The van der Waals surface area contributed by atoms with Gasteiger partial charge in [-0.25, -0.2) is 4.98 Å². The first-order valence-electron chi connectivity index (χ1n) is 6.66. The molecule has 20 heavy (non-hydrogen) atoms. The van der Waals surface area contributed by atoms with Gasteiger partial charge < -0.3 is 5.73 Å². The third-order valence-corrected chi connectivity index (χ3v) is 3.32. The Morgan fingerprint density at radius 2 is 1.45 bits per heavy atom. The van der Waals surface area contributed by atoms with Crippen molar-refractivity contribution in [2.75, 3.05) is 5.73 Å². The average molecular weight is 260 g/mol. The lowest BCUT2D eigenvalue weighted by molar-refractivity contribution is 1.19. The van der Waals surface area contributed by atoms with Crippen LogP contribution in [0.5, 0.6) is 0 Å². The maximum Gasteiger partial charge on any atom is 0.123 e. The molecule has 2 heteroatoms. The number of hydrogen-bond acceptors (Lipinski definition) is 2. The van der Waals surface area contributed by atoms with Crippen molar-refractivity contribution in [3.05, 3.63) is 84.1 Å². The number of nitrogens with zero attached hydrogens (tertiary/aromatic N) is 1. The lowest BCUT2D eigenvalue weighted by atomic mass is 10.0. The number of hydrogen-bond donors (Lipinski definition) is 1. The summed E-state index contributed by atoms with van der Waals surface area (Å²) in [4.78, 5) is 4.02. The molecule has 0 aliphatic rings. The first-order chi connectivity index (χ1) is 9.81. The third kappa shape index (κ3) is 2.86. The molecule has 3 rings (SSSR count). The van der Waals surface area contributed by atoms with E-state index in [0.29, 0.717) is 5.82 Å². The van der Waals surface area contributed by atoms with E-state index in [2.05, 4.69) is 53.5 Å². The molecule has 98 valence electrons. The summed E-state index contributed by atoms with van der Waals surface area (Å²) >= 11 is 0. The third-order valence-electron chi connectivity index (χ3n) is 3.32. The van der Waals surface area contributed by atoms with E-state index in [1.54, 1.807) is 6.20 Å². The van der Waals surface area contributed by atoms with Gasteiger partial charge in [0.05, 0.1) is 0 Å². The monoisotopic (exact) mass is 260 g/mol. The van der Waals surface area contributed by atoms with Crippen LogP contribution in [0.25, 0.3) is 11.1 Å². The van der Waals surface area contributed by atoms with Gasteiger partial charge in [0.1, 0.15) is 5.82 Å². The quantitative estimate of drug-likeness (QED) is 0.775. The lowest BCUT2D eigenvalue weighted by Gasteiger charge is -2.05. The van der Waals surface area contributed by atoms with Crippen LogP contribution in [0.1, 0.15) is 11.1 Å². The van der Waals surface area contributed by atoms with Gasteiger partial charge in [-0.2, -0.15) is 0 Å². The number of rotatable bonds is 3. The van der Waals surface area contributed by atoms with E-state index in [-0.39, 0.29) is 0 Å². The SMILES string of the molecule is Nc1cc(-c2ccc(Cc3ccccc3)cc2)ccn1. The fourth-order valence-electron chi connectivity index (χ4n) is 2.27. The first kappa shape index (κ1) is 12.4. The zero-order valence-electron chi connectivity index (χ0n) is 11.2. The van der Waals surface area contributed by atoms with Crippen molar-refractivity contribution in [1.82, 2.24) is 4.98 Å². The number of nitrogen functional groups attached to an aromatic ring is 1. The summed E-state index contributed by atoms with van der Waals surface area (Å²) in [6.07, 6.45) is 2.70. The van der Waals surface area contributed by atoms with E-state index < -0.39 is 0 Å². The van der Waals surface area contributed by atoms with Crippen LogP contribution in [0, 0.1) is 0 Å². The van der Waals surface area contributed by atoms with Gasteiger partial charge in [-0.3, -0.25) is 0 Å². The molecule has 3 aromatic rings. The Labute approximate surface area is 118 Å². The normalized spacial score (nSPS) is 10.4. The average Bonchev–Trinajstić information content (AvgIpc) is 2.49. The highest BCUT2D eigenvalue weighted by molar-refractivity contribution is 5.65. The van der Waals surface area contributed by atoms with Crippen LogP contribution < -0.4 is 5.73 Å². The fraction of sp³-hybridized carbons (Fsp3) is 0.0556. The predicted molar refractivity (Wildman–Crippen MR) is 83.3 cm³/mol. The van der Waals surface area contributed by atoms with Crippen molar-refractivity contribution in [2.24, 2.45) is 0 Å². The zero-order chi connectivity index (χ0) is 13.8. The number of anilines is 1. The van der Waals surface area contributed by atoms with Crippen LogP contribution in [0.15, 0.2) is 72.9 Å². The fourth-order valence-corrected chi connectivity index (χ4v) is 2.27. The van der Waals surface area contributed by atoms with E-state index in [4.69, 9.17) is 5.73 Å². The molecule has 0 fully saturated rings. The largest absolute Gasteiger partial charge is 0.384 e. The van der Waals surface area contributed by atoms with Crippen molar-refractivity contribution < 1.29 is 0 Å². The van der Waals surface area contributed by atoms with Crippen LogP contribution in [0.4, 0.5) is 5.82 Å². The molecule has 2 aromatic carbocycles. The molecule has 0 atom stereocenters. The van der Waals surface area contributed by atoms with E-state index >= 15 is 0 Å². The maximum atomic E-state index is 5.72. The molecule has 0 bridgehead atoms. The molecular weight excluding hydrogens is 244 g/mol. The van der Waals surface area contributed by atoms with E-state index in [9.17, 15) is 0 Å². The van der Waals surface area contributed by atoms with Gasteiger partial charge >= 0.3 is 0 Å². The van der Waals surface area contributed by atoms with Gasteiger partial charge in [-0.05, 0) is 40.8 Å². The molecule has 0 saturated heterocycles. The molecule has 1 aromatic heterocycles. The number of nitrogens with two attached hydrogens (primary N) is 1. The lowest BCUT2D eigenvalue weighted by Crippen LogP contribution is -1.90. The van der Waals surface area contributed by atoms with Crippen molar-refractivity contribution in [3.63, 3.8) is 0 Å². The first-order valence-corrected chi connectivity index (χ1v) is 6.66. The van der Waals surface area contributed by atoms with E-state index in [1.165, 1.54) is 11.1 Å². The van der Waals surface area contributed by atoms with Gasteiger partial charge in [-0.15, -0.1) is 0 Å². The Kier molecular flexibility index (Phi) is 3.46. The van der Waals surface area contributed by atoms with E-state index in [0.717, 1.165) is 17.5 Å². The minimum absolute atomic E-state index is 0.552. The van der Waals surface area contributed by atoms with Gasteiger partial charge in [0, 0.05) is 6.20 Å². The van der Waals surface area contributed by atoms with Crippen molar-refractivity contribution >= 4 is 5.82 Å². The smallest absolute Gasteiger partial charge is 0.123 e. The van der Waals surface area contributed by atoms with Crippen LogP contribution >= 0.6 is 0 Å². The zero-order valence-corrected chi connectivity index (χ0v) is 11.2. The summed E-state index contributed by atoms with van der Waals surface area (Å²) in [6, 6.07) is 23.0. The molecule has 2 nitrogen and oxygen atoms in total. The molecule has 0 spiro atoms. The number of pyridine rings is 1. The number of aromatic nitrogens is 1. The highest BCUT2D eigenvalue weighted by Gasteiger charge is 2.00. The van der Waals surface area contributed by atoms with Crippen molar-refractivity contribution in [2.45, 2.75) is 6.42 Å². The Balaban J connectivity index is 1.81. The van der Waals surface area contributed by atoms with E-state index in [1.807, 2.05) is 18.2 Å². The highest BCUT2D eigenvalue weighted by Crippen LogP contribution is 2.21. The molecule has 0 saturated carbocycles. The van der Waals surface area contributed by atoms with Crippen LogP contribution in [0.2, 0.25) is 0 Å². The Morgan fingerprint density at radius 3 is 2.15 bits per heavy atom. The molecule has 0 radical (unpaired) electrons. The standard InChI is InChI=1S/C18H16N2/c19-18-13-17(10-11-20-18)16-8-6-15(7-9-16)12-14-4-2-1-3-5-14/h1-11,13H,12H2,(H2,19,20). The summed E-state index contributed by atoms with van der Waals surface area (Å²) in [7, 11) is 0. The summed E-state index contributed by atoms with van der Waals surface area (Å²) < 4.78 is 0. The summed E-state index contributed by atoms with van der Waals surface area (Å²) in [6.45, 7) is 0. The molecule has 0 unspecified atom stereocenters. The minimum atomic E-state index is 0.552. The van der Waals surface area contributed by atoms with Gasteiger partial charge in [0.25, 0.3) is 0 Å². The van der Waals surface area contributed by atoms with Gasteiger partial charge in [-0.1, -0.05) is 54.6 Å². The van der Waals surface area contributed by atoms with Gasteiger partial charge in [0.15, 0.2) is 0 Å². The van der Waals surface area contributed by atoms with Crippen molar-refractivity contribution in [1.29, 1.82) is 0 Å². The molecule has 2 N–H and O–H groups in total. The second-order valence-electron chi connectivity index (χ2n) is 4.83. The Hall–Kier alpha value is -2.61. The second-order valence-corrected chi connectivity index (χ2v) is 4.83. The highest BCUT2D eigenvalue weighted by atomic mass is 14.8. The van der Waals surface area contributed by atoms with Crippen LogP contribution in [-0.2, 0) is 6.42 Å². The molecular formula is C18H16N2. The van der Waals surface area contributed by atoms with Crippen LogP contribution in [-0.4, -0.2) is 4.98 Å². The summed E-state index contributed by atoms with van der Waals surface area (Å²) in [5.74, 6) is 0.552. The summed E-state index contributed by atoms with van der Waals surface area (Å²) in [5, 5.41) is 0. The number of benzene rings is 2. The minimum Gasteiger partial charge on any atom is -0.384 e. The van der Waals surface area contributed by atoms with Gasteiger partial charge in [0.2, 0.25) is 0 Å². The van der Waals surface area contributed by atoms with Crippen LogP contribution in [0.3, 0.4) is 0 Å². The summed E-state index contributed by atoms with van der Waals surface area (Å²) in [5.41, 5.74) is 10.6. The topological polar surface area (TPSA) is 38.9 Å². The Bertz CT molecular complexity index is 688.